The second kappa shape index (κ2) is 10.9. The Morgan fingerprint density at radius 2 is 2.22 bits per heavy atom. The smallest absolute Gasteiger partial charge is 0.191 e. The molecule has 0 saturated carbocycles. The lowest BCUT2D eigenvalue weighted by Gasteiger charge is -2.15. The van der Waals surface area contributed by atoms with E-state index in [2.05, 4.69) is 15.6 Å². The van der Waals surface area contributed by atoms with Crippen LogP contribution in [0.5, 0.6) is 5.75 Å². The maximum Gasteiger partial charge on any atom is 0.191 e. The first-order valence-corrected chi connectivity index (χ1v) is 8.38. The molecule has 1 saturated heterocycles. The van der Waals surface area contributed by atoms with Crippen molar-refractivity contribution in [3.05, 3.63) is 29.8 Å². The molecule has 0 spiro atoms. The van der Waals surface area contributed by atoms with Gasteiger partial charge in [-0.05, 0) is 30.7 Å². The minimum Gasteiger partial charge on any atom is -0.489 e. The van der Waals surface area contributed by atoms with Gasteiger partial charge in [0.05, 0.1) is 6.54 Å². The largest absolute Gasteiger partial charge is 0.489 e. The van der Waals surface area contributed by atoms with E-state index in [1.807, 2.05) is 11.8 Å². The average Bonchev–Trinajstić information content (AvgIpc) is 3.01. The maximum absolute atomic E-state index is 13.4. The summed E-state index contributed by atoms with van der Waals surface area (Å²) in [7, 11) is 1.71. The summed E-state index contributed by atoms with van der Waals surface area (Å²) in [4.78, 5) is 4.13. The molecule has 23 heavy (non-hydrogen) atoms. The third kappa shape index (κ3) is 7.11. The number of hydrogen-bond donors (Lipinski definition) is 2. The first-order chi connectivity index (χ1) is 10.7. The van der Waals surface area contributed by atoms with Crippen molar-refractivity contribution in [3.63, 3.8) is 0 Å². The fourth-order valence-electron chi connectivity index (χ4n) is 2.16. The molecular formula is C15H22F2IN3OS. The molecule has 1 heterocycles. The van der Waals surface area contributed by atoms with Gasteiger partial charge in [0.1, 0.15) is 12.4 Å². The van der Waals surface area contributed by atoms with Crippen molar-refractivity contribution < 1.29 is 13.5 Å². The van der Waals surface area contributed by atoms with E-state index in [9.17, 15) is 8.78 Å². The van der Waals surface area contributed by atoms with Crippen molar-refractivity contribution in [1.82, 2.24) is 10.6 Å². The molecule has 0 aromatic heterocycles. The van der Waals surface area contributed by atoms with Gasteiger partial charge >= 0.3 is 0 Å². The summed E-state index contributed by atoms with van der Waals surface area (Å²) in [5, 5.41) is 7.01. The van der Waals surface area contributed by atoms with Gasteiger partial charge in [-0.1, -0.05) is 0 Å². The van der Waals surface area contributed by atoms with Crippen molar-refractivity contribution in [2.75, 3.05) is 32.5 Å². The molecule has 1 aromatic rings. The summed E-state index contributed by atoms with van der Waals surface area (Å²) in [6.07, 6.45) is 2.52. The number of benzene rings is 1. The number of ether oxygens (including phenoxy) is 1. The number of guanidine groups is 1. The Labute approximate surface area is 156 Å². The lowest BCUT2D eigenvalue weighted by molar-refractivity contribution is 0.304. The van der Waals surface area contributed by atoms with E-state index in [4.69, 9.17) is 4.74 Å². The van der Waals surface area contributed by atoms with E-state index in [0.29, 0.717) is 17.8 Å². The summed E-state index contributed by atoms with van der Waals surface area (Å²) >= 11 is 1.98. The van der Waals surface area contributed by atoms with Crippen LogP contribution in [0.15, 0.2) is 23.2 Å². The molecule has 1 fully saturated rings. The van der Waals surface area contributed by atoms with Gasteiger partial charge in [-0.2, -0.15) is 11.8 Å². The Morgan fingerprint density at radius 3 is 2.87 bits per heavy atom. The zero-order valence-electron chi connectivity index (χ0n) is 13.0. The highest BCUT2D eigenvalue weighted by Gasteiger charge is 2.15. The summed E-state index contributed by atoms with van der Waals surface area (Å²) in [6.45, 7) is 1.63. The van der Waals surface area contributed by atoms with Crippen LogP contribution < -0.4 is 15.4 Å². The van der Waals surface area contributed by atoms with Crippen LogP contribution in [0.25, 0.3) is 0 Å². The van der Waals surface area contributed by atoms with Crippen molar-refractivity contribution in [2.24, 2.45) is 4.99 Å². The van der Waals surface area contributed by atoms with Gasteiger partial charge in [-0.25, -0.2) is 8.78 Å². The van der Waals surface area contributed by atoms with E-state index in [1.165, 1.54) is 30.7 Å². The van der Waals surface area contributed by atoms with Gasteiger partial charge in [0.15, 0.2) is 17.5 Å². The molecule has 1 unspecified atom stereocenters. The molecule has 1 aliphatic rings. The standard InChI is InChI=1S/C15H21F2N3OS.HI/c1-18-15(20-10-12-3-2-8-22-12)19-6-7-21-14-5-4-11(16)9-13(14)17;/h4-5,9,12H,2-3,6-8,10H2,1H3,(H2,18,19,20);1H. The molecule has 1 atom stereocenters. The van der Waals surface area contributed by atoms with E-state index in [1.54, 1.807) is 7.05 Å². The first kappa shape index (κ1) is 20.3. The second-order valence-electron chi connectivity index (χ2n) is 4.94. The normalized spacial score (nSPS) is 17.5. The lowest BCUT2D eigenvalue weighted by Crippen LogP contribution is -2.41. The summed E-state index contributed by atoms with van der Waals surface area (Å²) in [5.74, 6) is 0.678. The van der Waals surface area contributed by atoms with Crippen LogP contribution >= 0.6 is 35.7 Å². The third-order valence-electron chi connectivity index (χ3n) is 3.29. The van der Waals surface area contributed by atoms with Gasteiger partial charge in [-0.3, -0.25) is 4.99 Å². The Hall–Kier alpha value is -0.770. The first-order valence-electron chi connectivity index (χ1n) is 7.33. The molecule has 1 aromatic carbocycles. The quantitative estimate of drug-likeness (QED) is 0.299. The topological polar surface area (TPSA) is 45.7 Å². The van der Waals surface area contributed by atoms with E-state index in [-0.39, 0.29) is 36.3 Å². The molecule has 8 heteroatoms. The van der Waals surface area contributed by atoms with Crippen LogP contribution in [0.4, 0.5) is 8.78 Å². The predicted octanol–water partition coefficient (Wildman–Crippen LogP) is 3.02. The molecule has 0 aliphatic carbocycles. The average molecular weight is 457 g/mol. The monoisotopic (exact) mass is 457 g/mol. The van der Waals surface area contributed by atoms with Gasteiger partial charge in [0.25, 0.3) is 0 Å². The minimum absolute atomic E-state index is 0. The molecule has 0 radical (unpaired) electrons. The Morgan fingerprint density at radius 1 is 1.39 bits per heavy atom. The van der Waals surface area contributed by atoms with Crippen LogP contribution in [0.3, 0.4) is 0 Å². The molecule has 1 aliphatic heterocycles. The molecule has 130 valence electrons. The molecule has 0 amide bonds. The van der Waals surface area contributed by atoms with E-state index >= 15 is 0 Å². The van der Waals surface area contributed by atoms with Gasteiger partial charge in [0, 0.05) is 24.9 Å². The van der Waals surface area contributed by atoms with Crippen LogP contribution in [-0.4, -0.2) is 43.7 Å². The summed E-state index contributed by atoms with van der Waals surface area (Å²) in [6, 6.07) is 3.27. The number of thioether (sulfide) groups is 1. The Balaban J connectivity index is 0.00000264. The molecular weight excluding hydrogens is 435 g/mol. The molecule has 2 N–H and O–H groups in total. The Kier molecular flexibility index (Phi) is 9.61. The number of nitrogens with one attached hydrogen (secondary N) is 2. The number of aliphatic imine (C=N–C) groups is 1. The zero-order chi connectivity index (χ0) is 15.8. The van der Waals surface area contributed by atoms with Crippen molar-refractivity contribution in [3.8, 4) is 5.75 Å². The molecule has 4 nitrogen and oxygen atoms in total. The third-order valence-corrected chi connectivity index (χ3v) is 4.69. The highest BCUT2D eigenvalue weighted by Crippen LogP contribution is 2.25. The highest BCUT2D eigenvalue weighted by molar-refractivity contribution is 14.0. The summed E-state index contributed by atoms with van der Waals surface area (Å²) in [5.41, 5.74) is 0. The fraction of sp³-hybridized carbons (Fsp3) is 0.533. The molecule has 0 bridgehead atoms. The lowest BCUT2D eigenvalue weighted by atomic mass is 10.2. The van der Waals surface area contributed by atoms with Gasteiger partial charge in [-0.15, -0.1) is 24.0 Å². The number of hydrogen-bond acceptors (Lipinski definition) is 3. The predicted molar refractivity (Wildman–Crippen MR) is 102 cm³/mol. The number of nitrogens with zero attached hydrogens (tertiary/aromatic N) is 1. The number of rotatable bonds is 6. The number of halogens is 3. The van der Waals surface area contributed by atoms with Crippen LogP contribution in [0.1, 0.15) is 12.8 Å². The van der Waals surface area contributed by atoms with E-state index < -0.39 is 11.6 Å². The molecule has 2 rings (SSSR count). The Bertz CT molecular complexity index is 513. The van der Waals surface area contributed by atoms with Crippen LogP contribution in [0, 0.1) is 11.6 Å². The summed E-state index contributed by atoms with van der Waals surface area (Å²) < 4.78 is 31.4. The van der Waals surface area contributed by atoms with E-state index in [0.717, 1.165) is 12.6 Å². The highest BCUT2D eigenvalue weighted by atomic mass is 127. The van der Waals surface area contributed by atoms with Crippen LogP contribution in [-0.2, 0) is 0 Å². The maximum atomic E-state index is 13.4. The van der Waals surface area contributed by atoms with Crippen molar-refractivity contribution in [1.29, 1.82) is 0 Å². The van der Waals surface area contributed by atoms with Crippen molar-refractivity contribution in [2.45, 2.75) is 18.1 Å². The minimum atomic E-state index is -0.694. The zero-order valence-corrected chi connectivity index (χ0v) is 16.1. The van der Waals surface area contributed by atoms with Gasteiger partial charge < -0.3 is 15.4 Å². The van der Waals surface area contributed by atoms with Gasteiger partial charge in [0.2, 0.25) is 0 Å². The SMILES string of the molecule is CN=C(NCCOc1ccc(F)cc1F)NCC1CCCS1.I. The second-order valence-corrected chi connectivity index (χ2v) is 6.35. The fourth-order valence-corrected chi connectivity index (χ4v) is 3.36. The van der Waals surface area contributed by atoms with Crippen LogP contribution in [0.2, 0.25) is 0 Å². The van der Waals surface area contributed by atoms with Crippen molar-refractivity contribution >= 4 is 41.7 Å².